The van der Waals surface area contributed by atoms with Gasteiger partial charge in [0.25, 0.3) is 0 Å². The third kappa shape index (κ3) is 8.66. The summed E-state index contributed by atoms with van der Waals surface area (Å²) in [5, 5.41) is 81.8. The fourth-order valence-corrected chi connectivity index (χ4v) is 5.06. The third-order valence-electron chi connectivity index (χ3n) is 7.72. The molecule has 0 unspecified atom stereocenters. The maximum atomic E-state index is 13.0. The van der Waals surface area contributed by atoms with Crippen LogP contribution in [0.4, 0.5) is 0 Å². The van der Waals surface area contributed by atoms with Crippen molar-refractivity contribution in [3.8, 4) is 23.0 Å². The van der Waals surface area contributed by atoms with Crippen molar-refractivity contribution in [2.24, 2.45) is 0 Å². The number of aliphatic hydroxyl groups excluding tert-OH is 6. The van der Waals surface area contributed by atoms with E-state index in [1.165, 1.54) is 62.8 Å². The Balaban J connectivity index is 1.54. The van der Waals surface area contributed by atoms with Crippen LogP contribution in [0.1, 0.15) is 11.1 Å². The van der Waals surface area contributed by atoms with Gasteiger partial charge < -0.3 is 74.0 Å². The minimum atomic E-state index is -2.51. The molecule has 17 nitrogen and oxygen atoms in total. The number of aromatic hydroxyl groups is 2. The van der Waals surface area contributed by atoms with Crippen LogP contribution in [0.5, 0.6) is 23.0 Å². The molecule has 2 aromatic rings. The molecule has 0 spiro atoms. The second kappa shape index (κ2) is 16.4. The molecule has 268 valence electrons. The second-order valence-corrected chi connectivity index (χ2v) is 10.9. The largest absolute Gasteiger partial charge is 0.504 e. The smallest absolute Gasteiger partial charge is 0.331 e. The Bertz CT molecular complexity index is 1510. The Hall–Kier alpha value is -4.30. The van der Waals surface area contributed by atoms with E-state index in [0.717, 1.165) is 12.2 Å². The van der Waals surface area contributed by atoms with Crippen molar-refractivity contribution >= 4 is 24.1 Å². The number of phenolic OH excluding ortho intramolecular Hbond substituents is 2. The summed E-state index contributed by atoms with van der Waals surface area (Å²) in [5.41, 5.74) is 0.881. The molecule has 2 heterocycles. The first-order valence-corrected chi connectivity index (χ1v) is 14.8. The van der Waals surface area contributed by atoms with Gasteiger partial charge in [0.1, 0.15) is 49.8 Å². The summed E-state index contributed by atoms with van der Waals surface area (Å²) in [7, 11) is 2.69. The van der Waals surface area contributed by atoms with E-state index in [1.807, 2.05) is 0 Å². The zero-order valence-corrected chi connectivity index (χ0v) is 26.3. The Labute approximate surface area is 279 Å². The standard InChI is InChI=1S/C32H38O17/c1-43-20-11-16(3-7-18(20)35)5-9-24(37)45-14-23-27(40)30(47-25(38)10-6-17-4-8-19(36)21(12-17)44-2)32(15-34,48-23)49-31-29(42)28(41)26(39)22(13-33)46-31/h3-12,22-23,26-31,33-36,39-42H,13-15H2,1-2H3/t22-,23-,26-,27-,28+,29-,30+,31-,32+/m1/s1. The van der Waals surface area contributed by atoms with E-state index < -0.39 is 86.6 Å². The molecule has 0 aliphatic carbocycles. The number of carbonyl (C=O) groups is 2. The maximum absolute atomic E-state index is 13.0. The van der Waals surface area contributed by atoms with Gasteiger partial charge in [0.05, 0.1) is 20.8 Å². The van der Waals surface area contributed by atoms with Crippen LogP contribution >= 0.6 is 0 Å². The lowest BCUT2D eigenvalue weighted by molar-refractivity contribution is -0.383. The second-order valence-electron chi connectivity index (χ2n) is 10.9. The number of methoxy groups -OCH3 is 2. The van der Waals surface area contributed by atoms with Crippen molar-refractivity contribution in [3.05, 3.63) is 59.7 Å². The normalized spacial score (nSPS) is 30.0. The molecule has 17 heteroatoms. The minimum absolute atomic E-state index is 0.112. The summed E-state index contributed by atoms with van der Waals surface area (Å²) in [4.78, 5) is 25.5. The van der Waals surface area contributed by atoms with Crippen molar-refractivity contribution < 1.29 is 83.6 Å². The third-order valence-corrected chi connectivity index (χ3v) is 7.72. The predicted octanol–water partition coefficient (Wildman–Crippen LogP) is -1.44. The van der Waals surface area contributed by atoms with E-state index in [0.29, 0.717) is 11.1 Å². The number of benzene rings is 2. The number of hydrogen-bond donors (Lipinski definition) is 8. The average molecular weight is 695 g/mol. The Morgan fingerprint density at radius 2 is 1.37 bits per heavy atom. The zero-order chi connectivity index (χ0) is 35.9. The van der Waals surface area contributed by atoms with Gasteiger partial charge in [-0.2, -0.15) is 0 Å². The van der Waals surface area contributed by atoms with Crippen LogP contribution < -0.4 is 9.47 Å². The van der Waals surface area contributed by atoms with Gasteiger partial charge >= 0.3 is 11.9 Å². The van der Waals surface area contributed by atoms with E-state index >= 15 is 0 Å². The summed E-state index contributed by atoms with van der Waals surface area (Å²) >= 11 is 0. The Morgan fingerprint density at radius 1 is 0.796 bits per heavy atom. The summed E-state index contributed by atoms with van der Waals surface area (Å²) in [6.07, 6.45) is -9.51. The van der Waals surface area contributed by atoms with E-state index in [2.05, 4.69) is 0 Å². The molecule has 2 saturated heterocycles. The molecular weight excluding hydrogens is 656 g/mol. The highest BCUT2D eigenvalue weighted by Gasteiger charge is 2.61. The summed E-state index contributed by atoms with van der Waals surface area (Å²) in [6.45, 7) is -2.63. The summed E-state index contributed by atoms with van der Waals surface area (Å²) < 4.78 is 37.5. The zero-order valence-electron chi connectivity index (χ0n) is 26.3. The van der Waals surface area contributed by atoms with Crippen molar-refractivity contribution in [1.29, 1.82) is 0 Å². The molecule has 2 aromatic carbocycles. The molecule has 0 aromatic heterocycles. The van der Waals surface area contributed by atoms with Crippen LogP contribution in [-0.2, 0) is 33.3 Å². The lowest BCUT2D eigenvalue weighted by Gasteiger charge is -2.43. The van der Waals surface area contributed by atoms with Gasteiger partial charge in [-0.15, -0.1) is 0 Å². The average Bonchev–Trinajstić information content (AvgIpc) is 3.36. The van der Waals surface area contributed by atoms with Crippen molar-refractivity contribution in [2.75, 3.05) is 34.0 Å². The number of ether oxygens (including phenoxy) is 7. The number of esters is 2. The van der Waals surface area contributed by atoms with Gasteiger partial charge in [0, 0.05) is 12.2 Å². The van der Waals surface area contributed by atoms with E-state index in [4.69, 9.17) is 33.2 Å². The molecule has 9 atom stereocenters. The number of rotatable bonds is 13. The first-order chi connectivity index (χ1) is 23.4. The first kappa shape index (κ1) is 37.5. The molecule has 0 amide bonds. The SMILES string of the molecule is COc1cc(C=CC(=O)OC[C@H]2O[C@@](CO)(O[C@H]3O[C@H](CO)[C@@H](O)[C@H](O)[C@H]3O)[C@@H](OC(=O)C=Cc3ccc(O)c(OC)c3)[C@@H]2O)ccc1O. The molecule has 2 fully saturated rings. The molecule has 49 heavy (non-hydrogen) atoms. The van der Waals surface area contributed by atoms with Gasteiger partial charge in [-0.1, -0.05) is 12.1 Å². The highest BCUT2D eigenvalue weighted by atomic mass is 16.8. The highest BCUT2D eigenvalue weighted by molar-refractivity contribution is 5.88. The Kier molecular flexibility index (Phi) is 12.6. The van der Waals surface area contributed by atoms with Gasteiger partial charge in [-0.3, -0.25) is 0 Å². The van der Waals surface area contributed by atoms with Crippen molar-refractivity contribution in [2.45, 2.75) is 54.8 Å². The van der Waals surface area contributed by atoms with Crippen LogP contribution in [0, 0.1) is 0 Å². The first-order valence-electron chi connectivity index (χ1n) is 14.8. The number of hydrogen-bond acceptors (Lipinski definition) is 17. The topological polar surface area (TPSA) is 261 Å². The fraction of sp³-hybridized carbons (Fsp3) is 0.438. The minimum Gasteiger partial charge on any atom is -0.504 e. The lowest BCUT2D eigenvalue weighted by atomic mass is 9.99. The van der Waals surface area contributed by atoms with Gasteiger partial charge in [0.2, 0.25) is 5.79 Å². The van der Waals surface area contributed by atoms with Crippen molar-refractivity contribution in [3.63, 3.8) is 0 Å². The monoisotopic (exact) mass is 694 g/mol. The molecule has 0 bridgehead atoms. The van der Waals surface area contributed by atoms with Gasteiger partial charge in [0.15, 0.2) is 35.4 Å². The van der Waals surface area contributed by atoms with Crippen LogP contribution in [-0.4, -0.2) is 142 Å². The maximum Gasteiger partial charge on any atom is 0.331 e. The summed E-state index contributed by atoms with van der Waals surface area (Å²) in [5.74, 6) is -4.46. The fourth-order valence-electron chi connectivity index (χ4n) is 5.06. The molecule has 2 aliphatic heterocycles. The van der Waals surface area contributed by atoms with Crippen molar-refractivity contribution in [1.82, 2.24) is 0 Å². The molecule has 4 rings (SSSR count). The predicted molar refractivity (Wildman–Crippen MR) is 164 cm³/mol. The molecule has 2 aliphatic rings. The molecule has 8 N–H and O–H groups in total. The van der Waals surface area contributed by atoms with Crippen LogP contribution in [0.2, 0.25) is 0 Å². The lowest BCUT2D eigenvalue weighted by Crippen LogP contribution is -2.63. The molecule has 0 radical (unpaired) electrons. The van der Waals surface area contributed by atoms with E-state index in [1.54, 1.807) is 0 Å². The Morgan fingerprint density at radius 3 is 1.90 bits per heavy atom. The highest BCUT2D eigenvalue weighted by Crippen LogP contribution is 2.38. The number of carbonyl (C=O) groups excluding carboxylic acids is 2. The number of aliphatic hydroxyl groups is 6. The van der Waals surface area contributed by atoms with Crippen LogP contribution in [0.3, 0.4) is 0 Å². The summed E-state index contributed by atoms with van der Waals surface area (Å²) in [6, 6.07) is 8.53. The van der Waals surface area contributed by atoms with Crippen LogP contribution in [0.25, 0.3) is 12.2 Å². The van der Waals surface area contributed by atoms with E-state index in [9.17, 15) is 50.4 Å². The van der Waals surface area contributed by atoms with Gasteiger partial charge in [-0.25, -0.2) is 9.59 Å². The molecule has 0 saturated carbocycles. The van der Waals surface area contributed by atoms with Crippen LogP contribution in [0.15, 0.2) is 48.6 Å². The quantitative estimate of drug-likeness (QED) is 0.0882. The van der Waals surface area contributed by atoms with E-state index in [-0.39, 0.29) is 23.0 Å². The van der Waals surface area contributed by atoms with Gasteiger partial charge in [-0.05, 0) is 47.5 Å². The number of phenols is 2. The molecular formula is C32H38O17.